The second kappa shape index (κ2) is 8.58. The lowest BCUT2D eigenvalue weighted by atomic mass is 10.1. The first-order valence-corrected chi connectivity index (χ1v) is 10.8. The summed E-state index contributed by atoms with van der Waals surface area (Å²) in [5, 5.41) is 5.61. The van der Waals surface area contributed by atoms with E-state index in [1.807, 2.05) is 55.5 Å². The van der Waals surface area contributed by atoms with Gasteiger partial charge in [0.15, 0.2) is 0 Å². The summed E-state index contributed by atoms with van der Waals surface area (Å²) in [4.78, 5) is 17.9. The first-order valence-electron chi connectivity index (χ1n) is 9.58. The Hall–Kier alpha value is -2.70. The number of fused-ring (bicyclic) bond motifs is 1. The lowest BCUT2D eigenvalue weighted by Crippen LogP contribution is -2.23. The Morgan fingerprint density at radius 3 is 2.70 bits per heavy atom. The van der Waals surface area contributed by atoms with Crippen molar-refractivity contribution in [3.05, 3.63) is 86.0 Å². The van der Waals surface area contributed by atoms with Gasteiger partial charge in [-0.25, -0.2) is 4.98 Å². The number of rotatable bonds is 5. The van der Waals surface area contributed by atoms with Crippen LogP contribution in [0.5, 0.6) is 0 Å². The minimum absolute atomic E-state index is 0.0733. The van der Waals surface area contributed by atoms with Crippen LogP contribution in [-0.4, -0.2) is 15.9 Å². The van der Waals surface area contributed by atoms with Gasteiger partial charge in [0.2, 0.25) is 0 Å². The van der Waals surface area contributed by atoms with E-state index in [1.54, 1.807) is 6.07 Å². The van der Waals surface area contributed by atoms with Crippen LogP contribution in [0.1, 0.15) is 37.8 Å². The number of aromatic nitrogens is 2. The van der Waals surface area contributed by atoms with Crippen LogP contribution in [0.2, 0.25) is 5.02 Å². The summed E-state index contributed by atoms with van der Waals surface area (Å²) < 4.78 is 8.06. The molecule has 0 amide bonds. The van der Waals surface area contributed by atoms with Crippen LogP contribution in [-0.2, 0) is 0 Å². The largest absolute Gasteiger partial charge is 0.455 e. The van der Waals surface area contributed by atoms with Gasteiger partial charge < -0.3 is 4.42 Å². The fraction of sp³-hybridized carbons (Fsp3) is 0.174. The van der Waals surface area contributed by atoms with E-state index in [-0.39, 0.29) is 11.5 Å². The lowest BCUT2D eigenvalue weighted by molar-refractivity contribution is 0.571. The molecule has 0 saturated carbocycles. The molecule has 1 atom stereocenters. The SMILES string of the molecule is CC[C@H](C)c1nc2ccc(Br)cc2c(=O)n1N=Cc1ccc(-c2ccc(Cl)cc2)o1. The Morgan fingerprint density at radius 2 is 1.97 bits per heavy atom. The molecule has 2 aromatic carbocycles. The molecule has 0 aliphatic heterocycles. The molecule has 4 rings (SSSR count). The molecule has 0 aliphatic carbocycles. The van der Waals surface area contributed by atoms with E-state index in [0.29, 0.717) is 33.3 Å². The van der Waals surface area contributed by atoms with Crippen molar-refractivity contribution < 1.29 is 4.42 Å². The maximum Gasteiger partial charge on any atom is 0.282 e. The second-order valence-electron chi connectivity index (χ2n) is 7.01. The van der Waals surface area contributed by atoms with Crippen molar-refractivity contribution >= 4 is 44.6 Å². The Labute approximate surface area is 187 Å². The van der Waals surface area contributed by atoms with Crippen LogP contribution in [0.4, 0.5) is 0 Å². The van der Waals surface area contributed by atoms with Gasteiger partial charge in [-0.05, 0) is 61.0 Å². The van der Waals surface area contributed by atoms with Gasteiger partial charge in [0.25, 0.3) is 5.56 Å². The van der Waals surface area contributed by atoms with Gasteiger partial charge in [0.05, 0.1) is 17.1 Å². The molecule has 5 nitrogen and oxygen atoms in total. The van der Waals surface area contributed by atoms with Crippen LogP contribution in [0.3, 0.4) is 0 Å². The van der Waals surface area contributed by atoms with Crippen molar-refractivity contribution in [2.75, 3.05) is 0 Å². The Kier molecular flexibility index (Phi) is 5.88. The predicted molar refractivity (Wildman–Crippen MR) is 125 cm³/mol. The average Bonchev–Trinajstić information content (AvgIpc) is 3.22. The average molecular weight is 485 g/mol. The first-order chi connectivity index (χ1) is 14.5. The maximum absolute atomic E-state index is 13.1. The van der Waals surface area contributed by atoms with Crippen LogP contribution in [0.25, 0.3) is 22.2 Å². The third kappa shape index (κ3) is 4.11. The van der Waals surface area contributed by atoms with Crippen molar-refractivity contribution in [3.8, 4) is 11.3 Å². The minimum Gasteiger partial charge on any atom is -0.455 e. The van der Waals surface area contributed by atoms with Gasteiger partial charge in [-0.1, -0.05) is 41.4 Å². The number of furan rings is 1. The zero-order valence-corrected chi connectivity index (χ0v) is 18.8. The number of hydrogen-bond donors (Lipinski definition) is 0. The number of benzene rings is 2. The van der Waals surface area contributed by atoms with E-state index in [4.69, 9.17) is 21.0 Å². The van der Waals surface area contributed by atoms with Crippen LogP contribution >= 0.6 is 27.5 Å². The predicted octanol–water partition coefficient (Wildman–Crippen LogP) is 6.47. The monoisotopic (exact) mass is 483 g/mol. The Bertz CT molecular complexity index is 1290. The second-order valence-corrected chi connectivity index (χ2v) is 8.36. The van der Waals surface area contributed by atoms with Gasteiger partial charge in [0, 0.05) is 21.0 Å². The van der Waals surface area contributed by atoms with Crippen molar-refractivity contribution in [1.29, 1.82) is 0 Å². The molecule has 4 aromatic rings. The molecule has 0 bridgehead atoms. The fourth-order valence-electron chi connectivity index (χ4n) is 3.09. The zero-order chi connectivity index (χ0) is 21.3. The summed E-state index contributed by atoms with van der Waals surface area (Å²) in [6, 6.07) is 16.6. The molecule has 152 valence electrons. The Balaban J connectivity index is 1.75. The molecule has 30 heavy (non-hydrogen) atoms. The topological polar surface area (TPSA) is 60.4 Å². The molecule has 2 heterocycles. The molecular formula is C23H19BrClN3O2. The molecule has 0 fully saturated rings. The van der Waals surface area contributed by atoms with Gasteiger partial charge in [-0.2, -0.15) is 9.78 Å². The number of hydrogen-bond acceptors (Lipinski definition) is 4. The highest BCUT2D eigenvalue weighted by Crippen LogP contribution is 2.24. The minimum atomic E-state index is -0.211. The van der Waals surface area contributed by atoms with Crippen LogP contribution in [0, 0.1) is 0 Å². The van der Waals surface area contributed by atoms with E-state index in [1.165, 1.54) is 10.9 Å². The summed E-state index contributed by atoms with van der Waals surface area (Å²) >= 11 is 9.37. The zero-order valence-electron chi connectivity index (χ0n) is 16.5. The van der Waals surface area contributed by atoms with Crippen molar-refractivity contribution in [2.24, 2.45) is 5.10 Å². The number of nitrogens with zero attached hydrogens (tertiary/aromatic N) is 3. The third-order valence-corrected chi connectivity index (χ3v) is 5.69. The third-order valence-electron chi connectivity index (χ3n) is 4.94. The standard InChI is InChI=1S/C23H19BrClN3O2/c1-3-14(2)22-27-20-10-6-16(24)12-19(20)23(29)28(22)26-13-18-9-11-21(30-18)15-4-7-17(25)8-5-15/h4-14H,3H2,1-2H3/t14-/m0/s1. The van der Waals surface area contributed by atoms with E-state index in [9.17, 15) is 4.79 Å². The van der Waals surface area contributed by atoms with Crippen LogP contribution < -0.4 is 5.56 Å². The molecule has 2 aromatic heterocycles. The van der Waals surface area contributed by atoms with Crippen molar-refractivity contribution in [2.45, 2.75) is 26.2 Å². The van der Waals surface area contributed by atoms with E-state index >= 15 is 0 Å². The van der Waals surface area contributed by atoms with E-state index < -0.39 is 0 Å². The molecule has 0 radical (unpaired) electrons. The van der Waals surface area contributed by atoms with E-state index in [0.717, 1.165) is 16.5 Å². The highest BCUT2D eigenvalue weighted by atomic mass is 79.9. The van der Waals surface area contributed by atoms with Gasteiger partial charge >= 0.3 is 0 Å². The fourth-order valence-corrected chi connectivity index (χ4v) is 3.57. The molecule has 0 aliphatic rings. The summed E-state index contributed by atoms with van der Waals surface area (Å²) in [6.45, 7) is 4.09. The normalized spacial score (nSPS) is 12.7. The number of halogens is 2. The highest BCUT2D eigenvalue weighted by Gasteiger charge is 2.15. The summed E-state index contributed by atoms with van der Waals surface area (Å²) in [5.74, 6) is 1.93. The molecular weight excluding hydrogens is 466 g/mol. The highest BCUT2D eigenvalue weighted by molar-refractivity contribution is 9.10. The first kappa shape index (κ1) is 20.6. The quantitative estimate of drug-likeness (QED) is 0.305. The van der Waals surface area contributed by atoms with E-state index in [2.05, 4.69) is 28.0 Å². The smallest absolute Gasteiger partial charge is 0.282 e. The van der Waals surface area contributed by atoms with Gasteiger partial charge in [-0.15, -0.1) is 0 Å². The lowest BCUT2D eigenvalue weighted by Gasteiger charge is -2.13. The summed E-state index contributed by atoms with van der Waals surface area (Å²) in [7, 11) is 0. The molecule has 0 spiro atoms. The maximum atomic E-state index is 13.1. The summed E-state index contributed by atoms with van der Waals surface area (Å²) in [5.41, 5.74) is 1.36. The van der Waals surface area contributed by atoms with Crippen LogP contribution in [0.15, 0.2) is 73.4 Å². The summed E-state index contributed by atoms with van der Waals surface area (Å²) in [6.07, 6.45) is 2.38. The van der Waals surface area contributed by atoms with Crippen molar-refractivity contribution in [1.82, 2.24) is 9.66 Å². The molecule has 0 unspecified atom stereocenters. The molecule has 0 saturated heterocycles. The van der Waals surface area contributed by atoms with Gasteiger partial charge in [-0.3, -0.25) is 4.79 Å². The molecule has 7 heteroatoms. The Morgan fingerprint density at radius 1 is 1.20 bits per heavy atom. The van der Waals surface area contributed by atoms with Crippen molar-refractivity contribution in [3.63, 3.8) is 0 Å². The van der Waals surface area contributed by atoms with Gasteiger partial charge in [0.1, 0.15) is 17.3 Å². The molecule has 0 N–H and O–H groups in total.